The van der Waals surface area contributed by atoms with Gasteiger partial charge in [0.15, 0.2) is 0 Å². The molecular formula is C13H25N3. The van der Waals surface area contributed by atoms with Gasteiger partial charge in [-0.25, -0.2) is 4.98 Å². The van der Waals surface area contributed by atoms with Crippen LogP contribution in [-0.2, 0) is 6.54 Å². The van der Waals surface area contributed by atoms with Gasteiger partial charge < -0.3 is 9.88 Å². The molecule has 0 saturated carbocycles. The summed E-state index contributed by atoms with van der Waals surface area (Å²) in [7, 11) is 0. The van der Waals surface area contributed by atoms with Crippen LogP contribution in [0.4, 0.5) is 5.95 Å². The predicted octanol–water partition coefficient (Wildman–Crippen LogP) is 3.59. The number of rotatable bonds is 8. The van der Waals surface area contributed by atoms with Gasteiger partial charge in [0.05, 0.1) is 5.69 Å². The monoisotopic (exact) mass is 223 g/mol. The van der Waals surface area contributed by atoms with E-state index in [1.54, 1.807) is 0 Å². The number of nitrogens with one attached hydrogen (secondary N) is 1. The maximum atomic E-state index is 4.50. The van der Waals surface area contributed by atoms with Gasteiger partial charge in [0, 0.05) is 19.3 Å². The van der Waals surface area contributed by atoms with Gasteiger partial charge in [-0.1, -0.05) is 33.1 Å². The van der Waals surface area contributed by atoms with E-state index in [1.165, 1.54) is 25.7 Å². The van der Waals surface area contributed by atoms with E-state index in [-0.39, 0.29) is 0 Å². The molecule has 0 spiro atoms. The summed E-state index contributed by atoms with van der Waals surface area (Å²) in [5.74, 6) is 1.04. The van der Waals surface area contributed by atoms with Gasteiger partial charge in [-0.15, -0.1) is 0 Å². The average molecular weight is 223 g/mol. The van der Waals surface area contributed by atoms with Crippen LogP contribution >= 0.6 is 0 Å². The van der Waals surface area contributed by atoms with E-state index in [4.69, 9.17) is 0 Å². The van der Waals surface area contributed by atoms with Crippen molar-refractivity contribution in [1.29, 1.82) is 0 Å². The molecule has 0 aliphatic carbocycles. The fourth-order valence-electron chi connectivity index (χ4n) is 1.80. The van der Waals surface area contributed by atoms with Crippen LogP contribution in [0.5, 0.6) is 0 Å². The summed E-state index contributed by atoms with van der Waals surface area (Å²) in [6.45, 7) is 8.57. The molecule has 92 valence electrons. The van der Waals surface area contributed by atoms with Gasteiger partial charge in [-0.2, -0.15) is 0 Å². The van der Waals surface area contributed by atoms with E-state index in [9.17, 15) is 0 Å². The summed E-state index contributed by atoms with van der Waals surface area (Å²) < 4.78 is 2.25. The molecule has 0 fully saturated rings. The zero-order chi connectivity index (χ0) is 11.8. The fourth-order valence-corrected chi connectivity index (χ4v) is 1.80. The standard InChI is InChI=1S/C13H25N3/c1-4-6-7-8-10-16-11-12(3)15-13(16)14-9-5-2/h11H,4-10H2,1-3H3,(H,14,15). The molecule has 1 heterocycles. The summed E-state index contributed by atoms with van der Waals surface area (Å²) in [5.41, 5.74) is 1.11. The largest absolute Gasteiger partial charge is 0.356 e. The maximum Gasteiger partial charge on any atom is 0.203 e. The number of unbranched alkanes of at least 4 members (excludes halogenated alkanes) is 3. The van der Waals surface area contributed by atoms with Gasteiger partial charge >= 0.3 is 0 Å². The highest BCUT2D eigenvalue weighted by Crippen LogP contribution is 2.11. The summed E-state index contributed by atoms with van der Waals surface area (Å²) in [4.78, 5) is 4.50. The Morgan fingerprint density at radius 1 is 1.19 bits per heavy atom. The highest BCUT2D eigenvalue weighted by Gasteiger charge is 2.03. The Kier molecular flexibility index (Phi) is 5.98. The Bertz CT molecular complexity index is 291. The van der Waals surface area contributed by atoms with Crippen LogP contribution < -0.4 is 5.32 Å². The first-order valence-corrected chi connectivity index (χ1v) is 6.55. The third-order valence-corrected chi connectivity index (χ3v) is 2.68. The Morgan fingerprint density at radius 3 is 2.69 bits per heavy atom. The third kappa shape index (κ3) is 4.25. The molecule has 1 aromatic heterocycles. The molecule has 0 bridgehead atoms. The normalized spacial score (nSPS) is 10.7. The Hall–Kier alpha value is -0.990. The molecule has 16 heavy (non-hydrogen) atoms. The van der Waals surface area contributed by atoms with Gasteiger partial charge in [-0.05, 0) is 19.8 Å². The van der Waals surface area contributed by atoms with E-state index in [0.717, 1.165) is 31.2 Å². The van der Waals surface area contributed by atoms with E-state index in [1.807, 2.05) is 0 Å². The van der Waals surface area contributed by atoms with E-state index in [0.29, 0.717) is 0 Å². The van der Waals surface area contributed by atoms with Gasteiger partial charge in [0.1, 0.15) is 0 Å². The number of anilines is 1. The number of hydrogen-bond acceptors (Lipinski definition) is 2. The van der Waals surface area contributed by atoms with Crippen LogP contribution in [0.25, 0.3) is 0 Å². The zero-order valence-corrected chi connectivity index (χ0v) is 10.9. The first-order valence-electron chi connectivity index (χ1n) is 6.55. The first-order chi connectivity index (χ1) is 7.77. The maximum absolute atomic E-state index is 4.50. The van der Waals surface area contributed by atoms with Gasteiger partial charge in [0.25, 0.3) is 0 Å². The lowest BCUT2D eigenvalue weighted by Crippen LogP contribution is -2.08. The van der Waals surface area contributed by atoms with Crippen molar-refractivity contribution in [3.8, 4) is 0 Å². The molecular weight excluding hydrogens is 198 g/mol. The van der Waals surface area contributed by atoms with E-state index >= 15 is 0 Å². The number of aryl methyl sites for hydroxylation is 2. The molecule has 0 radical (unpaired) electrons. The highest BCUT2D eigenvalue weighted by molar-refractivity contribution is 5.28. The number of hydrogen-bond donors (Lipinski definition) is 1. The molecule has 0 saturated heterocycles. The predicted molar refractivity (Wildman–Crippen MR) is 69.9 cm³/mol. The molecule has 0 aliphatic heterocycles. The van der Waals surface area contributed by atoms with Crippen LogP contribution in [0, 0.1) is 6.92 Å². The van der Waals surface area contributed by atoms with Gasteiger partial charge in [-0.3, -0.25) is 0 Å². The highest BCUT2D eigenvalue weighted by atomic mass is 15.2. The molecule has 3 heteroatoms. The van der Waals surface area contributed by atoms with Crippen molar-refractivity contribution in [3.63, 3.8) is 0 Å². The smallest absolute Gasteiger partial charge is 0.203 e. The molecule has 0 amide bonds. The SMILES string of the molecule is CCCCCCn1cc(C)nc1NCCC. The third-order valence-electron chi connectivity index (χ3n) is 2.68. The topological polar surface area (TPSA) is 29.9 Å². The second-order valence-corrected chi connectivity index (χ2v) is 4.39. The minimum Gasteiger partial charge on any atom is -0.356 e. The van der Waals surface area contributed by atoms with Crippen molar-refractivity contribution >= 4 is 5.95 Å². The van der Waals surface area contributed by atoms with Crippen molar-refractivity contribution in [3.05, 3.63) is 11.9 Å². The second kappa shape index (κ2) is 7.31. The first kappa shape index (κ1) is 13.1. The van der Waals surface area contributed by atoms with Crippen molar-refractivity contribution in [1.82, 2.24) is 9.55 Å². The fraction of sp³-hybridized carbons (Fsp3) is 0.769. The van der Waals surface area contributed by atoms with Crippen LogP contribution in [0.3, 0.4) is 0 Å². The Morgan fingerprint density at radius 2 is 2.00 bits per heavy atom. The lowest BCUT2D eigenvalue weighted by molar-refractivity contribution is 0.584. The summed E-state index contributed by atoms with van der Waals surface area (Å²) in [5, 5.41) is 3.38. The second-order valence-electron chi connectivity index (χ2n) is 4.39. The van der Waals surface area contributed by atoms with Crippen molar-refractivity contribution in [2.75, 3.05) is 11.9 Å². The lowest BCUT2D eigenvalue weighted by atomic mass is 10.2. The minimum absolute atomic E-state index is 1.01. The van der Waals surface area contributed by atoms with Crippen LogP contribution in [0.2, 0.25) is 0 Å². The van der Waals surface area contributed by atoms with Crippen LogP contribution in [0.15, 0.2) is 6.20 Å². The molecule has 1 N–H and O–H groups in total. The van der Waals surface area contributed by atoms with E-state index in [2.05, 4.69) is 41.8 Å². The van der Waals surface area contributed by atoms with Crippen molar-refractivity contribution in [2.45, 2.75) is 59.4 Å². The Labute approximate surface area is 99.3 Å². The van der Waals surface area contributed by atoms with E-state index < -0.39 is 0 Å². The Balaban J connectivity index is 2.43. The van der Waals surface area contributed by atoms with Crippen molar-refractivity contribution in [2.24, 2.45) is 0 Å². The summed E-state index contributed by atoms with van der Waals surface area (Å²) in [6, 6.07) is 0. The molecule has 1 aromatic rings. The zero-order valence-electron chi connectivity index (χ0n) is 10.9. The number of imidazole rings is 1. The number of aromatic nitrogens is 2. The molecule has 0 unspecified atom stereocenters. The molecule has 1 rings (SSSR count). The van der Waals surface area contributed by atoms with Crippen LogP contribution in [-0.4, -0.2) is 16.1 Å². The van der Waals surface area contributed by atoms with Gasteiger partial charge in [0.2, 0.25) is 5.95 Å². The quantitative estimate of drug-likeness (QED) is 0.682. The summed E-state index contributed by atoms with van der Waals surface area (Å²) in [6.07, 6.45) is 8.49. The molecule has 3 nitrogen and oxygen atoms in total. The minimum atomic E-state index is 1.01. The molecule has 0 atom stereocenters. The molecule has 0 aromatic carbocycles. The number of nitrogens with zero attached hydrogens (tertiary/aromatic N) is 2. The van der Waals surface area contributed by atoms with Crippen molar-refractivity contribution < 1.29 is 0 Å². The summed E-state index contributed by atoms with van der Waals surface area (Å²) >= 11 is 0. The average Bonchev–Trinajstić information content (AvgIpc) is 2.62. The van der Waals surface area contributed by atoms with Crippen LogP contribution in [0.1, 0.15) is 51.6 Å². The molecule has 0 aliphatic rings. The lowest BCUT2D eigenvalue weighted by Gasteiger charge is -2.08.